The van der Waals surface area contributed by atoms with Crippen LogP contribution in [0.15, 0.2) is 108 Å². The average molecular weight is 1460 g/mol. The highest BCUT2D eigenvalue weighted by Gasteiger charge is 2.52. The molecule has 6 aromatic rings. The third kappa shape index (κ3) is 18.5. The third-order valence-electron chi connectivity index (χ3n) is 21.1. The first-order valence-corrected chi connectivity index (χ1v) is 37.9. The summed E-state index contributed by atoms with van der Waals surface area (Å²) in [5.41, 5.74) is 10.9. The van der Waals surface area contributed by atoms with Crippen LogP contribution >= 0.6 is 7.82 Å². The largest absolute Gasteiger partial charge is 0.488 e. The Bertz CT molecular complexity index is 4100. The molecule has 7 heterocycles. The van der Waals surface area contributed by atoms with Crippen molar-refractivity contribution in [2.75, 3.05) is 87.4 Å². The lowest BCUT2D eigenvalue weighted by Crippen LogP contribution is -2.55. The summed E-state index contributed by atoms with van der Waals surface area (Å²) in [6, 6.07) is 29.3. The van der Waals surface area contributed by atoms with Crippen LogP contribution in [0.4, 0.5) is 22.9 Å². The number of anilines is 4. The number of rotatable bonds is 32. The first-order valence-electron chi connectivity index (χ1n) is 36.4. The van der Waals surface area contributed by atoms with Gasteiger partial charge in [0.25, 0.3) is 5.88 Å². The topological polar surface area (TPSA) is 376 Å². The fourth-order valence-corrected chi connectivity index (χ4v) is 15.7. The van der Waals surface area contributed by atoms with Crippen molar-refractivity contribution in [2.24, 2.45) is 11.3 Å². The molecule has 4 amide bonds. The monoisotopic (exact) mass is 1460 g/mol. The summed E-state index contributed by atoms with van der Waals surface area (Å²) in [7, 11) is -1.01. The van der Waals surface area contributed by atoms with Gasteiger partial charge in [0.15, 0.2) is 11.6 Å². The molecule has 6 fully saturated rings. The molecule has 12 rings (SSSR count). The van der Waals surface area contributed by atoms with Gasteiger partial charge in [-0.3, -0.25) is 33.4 Å². The average Bonchev–Trinajstić information content (AvgIpc) is 1.73. The normalized spacial score (nSPS) is 21.7. The predicted octanol–water partition coefficient (Wildman–Crippen LogP) is 7.99. The summed E-state index contributed by atoms with van der Waals surface area (Å²) in [5.74, 6) is -2.48. The molecule has 560 valence electrons. The minimum Gasteiger partial charge on any atom is -0.488 e. The molecule has 7 atom stereocenters. The van der Waals surface area contributed by atoms with Gasteiger partial charge in [-0.25, -0.2) is 9.55 Å². The lowest BCUT2D eigenvalue weighted by Gasteiger charge is -2.43. The summed E-state index contributed by atoms with van der Waals surface area (Å²) in [4.78, 5) is 102. The van der Waals surface area contributed by atoms with Crippen LogP contribution in [0.25, 0.3) is 11.3 Å². The number of pyridine rings is 1. The second-order valence-electron chi connectivity index (χ2n) is 29.2. The number of nitrogen functional groups attached to an aromatic ring is 1. The standard InChI is InChI=1S/C75H95N14O15P/c1-46(2)68(72(92)88-44-58(104-105(96,97)98)38-63(88)71(91)79-47(3)50-18-14-48(41-76)15-19-50)65-40-67(84-103-65)99-34-33-86-31-25-55(26-32-86)101-56-36-57(37-56)102-66-35-52(24-29-78-66)89-53-22-23-54(89)43-87(42-53)62-39-61(82-83-69(62)77)59-11-6-7-13-64(59)100-45-49-16-20-51(21-17-49)80-70(90)60(12-8-9-30-85(4)5)81-73(93)75(74(94)95)27-10-28-75/h6-7,11,13-21,24,29,35,39-40,46-47,53-58,60,63,68H,8-10,12,22-23,25-28,30-34,36-38,42-45H2,1-5H3,(H2,77,83)(H,79,91)(H,80,90)(H,81,93)(H,94,95)(H2,96,97,98)/t47-,53?,54?,56?,57?,58+,60-,63-,68?/m0/s1. The van der Waals surface area contributed by atoms with Crippen molar-refractivity contribution in [2.45, 2.75) is 171 Å². The van der Waals surface area contributed by atoms with E-state index in [0.29, 0.717) is 66.8 Å². The molecule has 3 aromatic heterocycles. The van der Waals surface area contributed by atoms with E-state index in [1.807, 2.05) is 76.6 Å². The van der Waals surface area contributed by atoms with Gasteiger partial charge in [0.1, 0.15) is 48.5 Å². The van der Waals surface area contributed by atoms with E-state index in [1.165, 1.54) is 4.90 Å². The van der Waals surface area contributed by atoms with E-state index in [4.69, 9.17) is 33.7 Å². The number of aliphatic carboxylic acids is 1. The van der Waals surface area contributed by atoms with Gasteiger partial charge in [-0.15, -0.1) is 10.2 Å². The molecule has 3 unspecified atom stereocenters. The summed E-state index contributed by atoms with van der Waals surface area (Å²) in [6.45, 7) is 10.3. The van der Waals surface area contributed by atoms with Crippen LogP contribution in [0.5, 0.6) is 17.5 Å². The number of carbonyl (C=O) groups is 5. The number of para-hydroxylation sites is 1. The molecule has 30 heteroatoms. The number of likely N-dealkylation sites (tertiary alicyclic amines) is 2. The number of fused-ring (bicyclic) bond motifs is 2. The van der Waals surface area contributed by atoms with Crippen LogP contribution < -0.4 is 45.7 Å². The Morgan fingerprint density at radius 2 is 1.56 bits per heavy atom. The molecule has 2 saturated carbocycles. The number of ether oxygens (including phenoxy) is 4. The molecule has 105 heavy (non-hydrogen) atoms. The molecule has 4 aliphatic heterocycles. The van der Waals surface area contributed by atoms with Crippen molar-refractivity contribution >= 4 is 60.3 Å². The second kappa shape index (κ2) is 33.5. The van der Waals surface area contributed by atoms with Crippen molar-refractivity contribution in [1.82, 2.24) is 45.7 Å². The Balaban J connectivity index is 0.572. The van der Waals surface area contributed by atoms with Crippen LogP contribution in [0.1, 0.15) is 139 Å². The summed E-state index contributed by atoms with van der Waals surface area (Å²) in [5, 5.41) is 40.8. The highest BCUT2D eigenvalue weighted by atomic mass is 31.2. The number of carboxylic acids is 1. The number of unbranched alkanes of at least 4 members (excludes halogenated alkanes) is 1. The molecule has 0 radical (unpaired) electrons. The Morgan fingerprint density at radius 3 is 2.24 bits per heavy atom. The number of hydrogen-bond donors (Lipinski definition) is 7. The van der Waals surface area contributed by atoms with E-state index in [9.17, 15) is 48.7 Å². The first kappa shape index (κ1) is 75.4. The number of benzene rings is 3. The van der Waals surface area contributed by atoms with E-state index in [1.54, 1.807) is 49.4 Å². The smallest absolute Gasteiger partial charge is 0.469 e. The number of nitriles is 1. The number of carboxylic acid groups (broad SMARTS) is 1. The van der Waals surface area contributed by atoms with Gasteiger partial charge in [0.2, 0.25) is 29.5 Å². The zero-order chi connectivity index (χ0) is 74.1. The van der Waals surface area contributed by atoms with Crippen molar-refractivity contribution < 1.29 is 71.4 Å². The van der Waals surface area contributed by atoms with Gasteiger partial charge in [0.05, 0.1) is 47.4 Å². The summed E-state index contributed by atoms with van der Waals surface area (Å²) in [6.07, 6.45) is 9.04. The molecule has 0 spiro atoms. The number of piperidine rings is 1. The molecule has 4 saturated heterocycles. The SMILES string of the molecule is CC(C)C(C(=O)N1C[C@H](OP(=O)(O)O)C[C@H]1C(=O)N[C@@H](C)c1ccc(C#N)cc1)c1cc(OCCN2CCC(OC3CC(Oc4cc(N5C6CCC5CN(c5cc(-c7ccccc7OCc7ccc(NC(=O)[C@H](CCCCN(C)C)NC(=O)C8(C(=O)O)CCC8)cc7)nnc5N)C6)ccn4)C3)CC2)no1. The lowest BCUT2D eigenvalue weighted by molar-refractivity contribution is -0.162. The molecule has 29 nitrogen and oxygen atoms in total. The van der Waals surface area contributed by atoms with Gasteiger partial charge in [0, 0.05) is 106 Å². The number of phosphoric ester groups is 1. The minimum atomic E-state index is -4.96. The third-order valence-corrected chi connectivity index (χ3v) is 21.7. The molecule has 2 bridgehead atoms. The minimum absolute atomic E-state index is 0.0124. The maximum atomic E-state index is 14.4. The van der Waals surface area contributed by atoms with E-state index in [0.717, 1.165) is 106 Å². The molecule has 6 aliphatic rings. The number of phosphoric acid groups is 1. The fraction of sp³-hybridized carbons (Fsp3) is 0.520. The molecule has 8 N–H and O–H groups in total. The number of hydrogen-bond acceptors (Lipinski definition) is 22. The Hall–Kier alpha value is -9.27. The van der Waals surface area contributed by atoms with Gasteiger partial charge in [-0.1, -0.05) is 56.7 Å². The zero-order valence-electron chi connectivity index (χ0n) is 60.0. The number of piperazine rings is 1. The lowest BCUT2D eigenvalue weighted by atomic mass is 9.68. The van der Waals surface area contributed by atoms with Crippen LogP contribution in [0.2, 0.25) is 0 Å². The van der Waals surface area contributed by atoms with E-state index in [-0.39, 0.29) is 80.4 Å². The predicted molar refractivity (Wildman–Crippen MR) is 388 cm³/mol. The quantitative estimate of drug-likeness (QED) is 0.0119. The summed E-state index contributed by atoms with van der Waals surface area (Å²) >= 11 is 0. The maximum Gasteiger partial charge on any atom is 0.469 e. The number of nitrogens with one attached hydrogen (secondary N) is 3. The van der Waals surface area contributed by atoms with Crippen molar-refractivity contribution in [3.05, 3.63) is 126 Å². The second-order valence-corrected chi connectivity index (χ2v) is 30.4. The van der Waals surface area contributed by atoms with Crippen molar-refractivity contribution in [1.29, 1.82) is 5.26 Å². The number of aromatic nitrogens is 4. The maximum absolute atomic E-state index is 14.4. The van der Waals surface area contributed by atoms with Crippen molar-refractivity contribution in [3.63, 3.8) is 0 Å². The van der Waals surface area contributed by atoms with Crippen LogP contribution in [0, 0.1) is 22.7 Å². The summed E-state index contributed by atoms with van der Waals surface area (Å²) < 4.78 is 48.2. The van der Waals surface area contributed by atoms with Crippen LogP contribution in [-0.2, 0) is 44.4 Å². The highest BCUT2D eigenvalue weighted by Crippen LogP contribution is 2.45. The first-order chi connectivity index (χ1) is 50.5. The molecule has 3 aromatic carbocycles. The highest BCUT2D eigenvalue weighted by molar-refractivity contribution is 7.46. The molecule has 2 aliphatic carbocycles. The van der Waals surface area contributed by atoms with Gasteiger partial charge in [-0.05, 0) is 156 Å². The van der Waals surface area contributed by atoms with Crippen molar-refractivity contribution in [3.8, 4) is 34.8 Å². The molecular formula is C75H95N14O15P. The fourth-order valence-electron chi connectivity index (χ4n) is 15.1. The van der Waals surface area contributed by atoms with Gasteiger partial charge < -0.3 is 79.6 Å². The van der Waals surface area contributed by atoms with E-state index >= 15 is 0 Å². The van der Waals surface area contributed by atoms with E-state index in [2.05, 4.69) is 74.1 Å². The van der Waals surface area contributed by atoms with Crippen LogP contribution in [-0.4, -0.2) is 195 Å². The molecular weight excluding hydrogens is 1370 g/mol. The number of nitrogens with two attached hydrogens (primary N) is 1. The zero-order valence-corrected chi connectivity index (χ0v) is 60.9. The number of amides is 4. The van der Waals surface area contributed by atoms with Crippen LogP contribution in [0.3, 0.4) is 0 Å². The number of nitrogens with zero attached hydrogens (tertiary/aromatic N) is 10. The van der Waals surface area contributed by atoms with E-state index < -0.39 is 73.0 Å². The number of carbonyl (C=O) groups excluding carboxylic acids is 4. The van der Waals surface area contributed by atoms with Gasteiger partial charge >= 0.3 is 13.8 Å². The Kier molecular flexibility index (Phi) is 24.0. The Morgan fingerprint density at radius 1 is 0.829 bits per heavy atom. The van der Waals surface area contributed by atoms with Gasteiger partial charge in [-0.2, -0.15) is 5.26 Å². The Labute approximate surface area is 610 Å².